The quantitative estimate of drug-likeness (QED) is 0.0322. The minimum Gasteiger partial charge on any atom is -0.488 e. The number of carbonyl (C=O) groups excluding carboxylic acids is 2. The van der Waals surface area contributed by atoms with Crippen molar-refractivity contribution in [2.24, 2.45) is 0 Å². The van der Waals surface area contributed by atoms with Crippen LogP contribution >= 0.6 is 0 Å². The molecule has 274 valence electrons. The van der Waals surface area contributed by atoms with Gasteiger partial charge in [0.2, 0.25) is 0 Å². The van der Waals surface area contributed by atoms with E-state index in [0.29, 0.717) is 37.6 Å². The van der Waals surface area contributed by atoms with Crippen LogP contribution in [0.2, 0.25) is 0 Å². The molecule has 0 spiro atoms. The summed E-state index contributed by atoms with van der Waals surface area (Å²) in [5.41, 5.74) is 0. The lowest BCUT2D eigenvalue weighted by molar-refractivity contribution is -0.154. The van der Waals surface area contributed by atoms with Gasteiger partial charge in [-0.1, -0.05) is 126 Å². The third-order valence-electron chi connectivity index (χ3n) is 8.30. The first-order chi connectivity index (χ1) is 24.5. The highest BCUT2D eigenvalue weighted by molar-refractivity contribution is 6.11. The van der Waals surface area contributed by atoms with Crippen LogP contribution in [0.4, 0.5) is 0 Å². The first-order valence-electron chi connectivity index (χ1n) is 18.5. The lowest BCUT2D eigenvalue weighted by Crippen LogP contribution is -2.30. The number of fused-ring (bicyclic) bond motifs is 2. The van der Waals surface area contributed by atoms with Gasteiger partial charge >= 0.3 is 11.9 Å². The summed E-state index contributed by atoms with van der Waals surface area (Å²) < 4.78 is 36.1. The zero-order valence-corrected chi connectivity index (χ0v) is 30.3. The van der Waals surface area contributed by atoms with E-state index in [1.54, 1.807) is 12.2 Å². The predicted octanol–water partition coefficient (Wildman–Crippen LogP) is 9.70. The molecule has 2 unspecified atom stereocenters. The summed E-state index contributed by atoms with van der Waals surface area (Å²) in [4.78, 5) is 25.5. The molecule has 0 heterocycles. The third kappa shape index (κ3) is 14.2. The number of ether oxygens (including phenoxy) is 6. The van der Waals surface area contributed by atoms with Crippen molar-refractivity contribution < 1.29 is 38.0 Å². The van der Waals surface area contributed by atoms with Crippen molar-refractivity contribution in [2.75, 3.05) is 39.6 Å². The molecule has 3 rings (SSSR count). The van der Waals surface area contributed by atoms with Crippen molar-refractivity contribution in [2.45, 2.75) is 103 Å². The Morgan fingerprint density at radius 3 is 1.26 bits per heavy atom. The standard InChI is InChI=1S/C42H58O8/c1-5-9-11-13-15-25-39(43)49-33(29-45-27-7-3)31-47-41-35-21-17-19-23-37(35)42(38-24-20-18-22-36(38)41)48-32-34(30-46-28-8-4)50-40(44)26-16-14-12-10-6-2/h7-8,17-24,33-34H,3-6,9-16,25-32H2,1-2H3. The first kappa shape index (κ1) is 40.5. The number of esters is 2. The number of hydrogen-bond donors (Lipinski definition) is 0. The number of unbranched alkanes of at least 4 members (excludes halogenated alkanes) is 8. The SMILES string of the molecule is C=CCOCC(COc1c2ccccc2c(OCC(COCC=C)OC(=O)CCCCCCC)c2ccccc12)OC(=O)CCCCCCC. The van der Waals surface area contributed by atoms with E-state index < -0.39 is 12.2 Å². The fraction of sp³-hybridized carbons (Fsp3) is 0.524. The van der Waals surface area contributed by atoms with Crippen LogP contribution in [0.3, 0.4) is 0 Å². The van der Waals surface area contributed by atoms with Gasteiger partial charge in [0, 0.05) is 34.4 Å². The van der Waals surface area contributed by atoms with Crippen LogP contribution in [0.25, 0.3) is 21.5 Å². The molecule has 3 aromatic rings. The van der Waals surface area contributed by atoms with Crippen LogP contribution in [0, 0.1) is 0 Å². The number of carbonyl (C=O) groups is 2. The van der Waals surface area contributed by atoms with Gasteiger partial charge in [0.15, 0.2) is 12.2 Å². The minimum atomic E-state index is -0.593. The molecule has 0 fully saturated rings. The van der Waals surface area contributed by atoms with E-state index in [0.717, 1.165) is 72.9 Å². The van der Waals surface area contributed by atoms with Gasteiger partial charge in [-0.2, -0.15) is 0 Å². The Kier molecular flexibility index (Phi) is 19.7. The maximum atomic E-state index is 12.8. The lowest BCUT2D eigenvalue weighted by atomic mass is 10.0. The highest BCUT2D eigenvalue weighted by atomic mass is 16.6. The van der Waals surface area contributed by atoms with Gasteiger partial charge in [-0.05, 0) is 12.8 Å². The van der Waals surface area contributed by atoms with Crippen molar-refractivity contribution in [3.05, 3.63) is 73.8 Å². The largest absolute Gasteiger partial charge is 0.488 e. The smallest absolute Gasteiger partial charge is 0.306 e. The molecule has 8 heteroatoms. The predicted molar refractivity (Wildman–Crippen MR) is 201 cm³/mol. The van der Waals surface area contributed by atoms with Crippen molar-refractivity contribution in [3.8, 4) is 11.5 Å². The molecule has 0 amide bonds. The van der Waals surface area contributed by atoms with Crippen molar-refractivity contribution in [3.63, 3.8) is 0 Å². The monoisotopic (exact) mass is 690 g/mol. The molecule has 50 heavy (non-hydrogen) atoms. The van der Waals surface area contributed by atoms with E-state index >= 15 is 0 Å². The van der Waals surface area contributed by atoms with Gasteiger partial charge in [0.05, 0.1) is 26.4 Å². The molecular formula is C42H58O8. The molecule has 3 aromatic carbocycles. The van der Waals surface area contributed by atoms with E-state index in [4.69, 9.17) is 28.4 Å². The Morgan fingerprint density at radius 2 is 0.920 bits per heavy atom. The molecule has 0 radical (unpaired) electrons. The van der Waals surface area contributed by atoms with Crippen molar-refractivity contribution in [1.29, 1.82) is 0 Å². The number of rotatable bonds is 28. The molecule has 0 aromatic heterocycles. The van der Waals surface area contributed by atoms with Gasteiger partial charge in [-0.15, -0.1) is 13.2 Å². The summed E-state index contributed by atoms with van der Waals surface area (Å²) in [7, 11) is 0. The second-order valence-corrected chi connectivity index (χ2v) is 12.6. The highest BCUT2D eigenvalue weighted by Gasteiger charge is 2.22. The molecule has 0 bridgehead atoms. The zero-order valence-electron chi connectivity index (χ0n) is 30.3. The molecule has 0 aliphatic rings. The Balaban J connectivity index is 1.80. The van der Waals surface area contributed by atoms with Crippen LogP contribution in [0.5, 0.6) is 11.5 Å². The fourth-order valence-corrected chi connectivity index (χ4v) is 5.75. The van der Waals surface area contributed by atoms with Crippen LogP contribution in [0.15, 0.2) is 73.8 Å². The molecule has 2 atom stereocenters. The molecule has 0 aliphatic carbocycles. The maximum absolute atomic E-state index is 12.8. The molecule has 0 aliphatic heterocycles. The second kappa shape index (κ2) is 24.3. The topological polar surface area (TPSA) is 89.5 Å². The van der Waals surface area contributed by atoms with Crippen LogP contribution in [-0.2, 0) is 28.5 Å². The minimum absolute atomic E-state index is 0.115. The summed E-state index contributed by atoms with van der Waals surface area (Å²) in [5, 5.41) is 3.38. The van der Waals surface area contributed by atoms with E-state index in [1.165, 1.54) is 12.8 Å². The zero-order chi connectivity index (χ0) is 35.8. The maximum Gasteiger partial charge on any atom is 0.306 e. The summed E-state index contributed by atoms with van der Waals surface area (Å²) in [6.45, 7) is 13.1. The van der Waals surface area contributed by atoms with Crippen molar-refractivity contribution >= 4 is 33.5 Å². The summed E-state index contributed by atoms with van der Waals surface area (Å²) in [6.07, 6.45) is 13.4. The Hall–Kier alpha value is -3.88. The van der Waals surface area contributed by atoms with Crippen LogP contribution in [-0.4, -0.2) is 63.8 Å². The molecular weight excluding hydrogens is 632 g/mol. The van der Waals surface area contributed by atoms with Crippen LogP contribution in [0.1, 0.15) is 90.9 Å². The summed E-state index contributed by atoms with van der Waals surface area (Å²) in [5.74, 6) is 0.820. The normalized spacial score (nSPS) is 12.4. The third-order valence-corrected chi connectivity index (χ3v) is 8.30. The van der Waals surface area contributed by atoms with Crippen LogP contribution < -0.4 is 9.47 Å². The van der Waals surface area contributed by atoms with Gasteiger partial charge in [-0.25, -0.2) is 0 Å². The van der Waals surface area contributed by atoms with E-state index in [1.807, 2.05) is 48.5 Å². The number of benzene rings is 3. The lowest BCUT2D eigenvalue weighted by Gasteiger charge is -2.23. The van der Waals surface area contributed by atoms with Crippen molar-refractivity contribution in [1.82, 2.24) is 0 Å². The fourth-order valence-electron chi connectivity index (χ4n) is 5.75. The highest BCUT2D eigenvalue weighted by Crippen LogP contribution is 2.42. The van der Waals surface area contributed by atoms with Gasteiger partial charge in [0.1, 0.15) is 24.7 Å². The van der Waals surface area contributed by atoms with E-state index in [-0.39, 0.29) is 38.4 Å². The molecule has 0 N–H and O–H groups in total. The van der Waals surface area contributed by atoms with E-state index in [9.17, 15) is 9.59 Å². The molecule has 0 saturated heterocycles. The second-order valence-electron chi connectivity index (χ2n) is 12.6. The van der Waals surface area contributed by atoms with Gasteiger partial charge < -0.3 is 28.4 Å². The molecule has 0 saturated carbocycles. The van der Waals surface area contributed by atoms with Gasteiger partial charge in [0.25, 0.3) is 0 Å². The molecule has 8 nitrogen and oxygen atoms in total. The first-order valence-corrected chi connectivity index (χ1v) is 18.5. The number of hydrogen-bond acceptors (Lipinski definition) is 8. The average Bonchev–Trinajstić information content (AvgIpc) is 3.12. The average molecular weight is 691 g/mol. The Bertz CT molecular complexity index is 1290. The summed E-state index contributed by atoms with van der Waals surface area (Å²) >= 11 is 0. The summed E-state index contributed by atoms with van der Waals surface area (Å²) in [6, 6.07) is 15.7. The van der Waals surface area contributed by atoms with Gasteiger partial charge in [-0.3, -0.25) is 9.59 Å². The van der Waals surface area contributed by atoms with E-state index in [2.05, 4.69) is 27.0 Å². The Labute approximate surface area is 299 Å². The Morgan fingerprint density at radius 1 is 0.560 bits per heavy atom.